The summed E-state index contributed by atoms with van der Waals surface area (Å²) >= 11 is 1.27. The third-order valence-corrected chi connectivity index (χ3v) is 3.80. The van der Waals surface area contributed by atoms with Gasteiger partial charge in [0.1, 0.15) is 6.04 Å². The van der Waals surface area contributed by atoms with Crippen molar-refractivity contribution in [3.8, 4) is 0 Å². The van der Waals surface area contributed by atoms with Gasteiger partial charge in [0.15, 0.2) is 6.04 Å². The summed E-state index contributed by atoms with van der Waals surface area (Å²) in [4.78, 5) is 35.8. The molecule has 1 aromatic rings. The van der Waals surface area contributed by atoms with E-state index in [1.54, 1.807) is 31.4 Å². The van der Waals surface area contributed by atoms with E-state index in [-0.39, 0.29) is 18.4 Å². The molecule has 0 bridgehead atoms. The van der Waals surface area contributed by atoms with E-state index in [4.69, 9.17) is 9.84 Å². The molecule has 1 rings (SSSR count). The third kappa shape index (κ3) is 5.12. The van der Waals surface area contributed by atoms with Gasteiger partial charge in [-0.1, -0.05) is 19.9 Å². The van der Waals surface area contributed by atoms with Gasteiger partial charge in [-0.2, -0.15) is 0 Å². The van der Waals surface area contributed by atoms with Crippen LogP contribution < -0.4 is 10.6 Å². The van der Waals surface area contributed by atoms with E-state index in [2.05, 4.69) is 10.6 Å². The number of hydrogen-bond acceptors (Lipinski definition) is 5. The van der Waals surface area contributed by atoms with Gasteiger partial charge in [0, 0.05) is 7.11 Å². The lowest BCUT2D eigenvalue weighted by atomic mass is 10.0. The lowest BCUT2D eigenvalue weighted by Crippen LogP contribution is -2.54. The predicted octanol–water partition coefficient (Wildman–Crippen LogP) is 0.718. The number of methoxy groups -OCH3 is 1. The normalized spacial score (nSPS) is 13.5. The number of carboxylic acids is 1. The Kier molecular flexibility index (Phi) is 7.00. The van der Waals surface area contributed by atoms with Crippen molar-refractivity contribution in [3.63, 3.8) is 0 Å². The lowest BCUT2D eigenvalue weighted by Gasteiger charge is -2.23. The molecule has 1 aromatic heterocycles. The molecule has 3 N–H and O–H groups in total. The Morgan fingerprint density at radius 1 is 1.32 bits per heavy atom. The summed E-state index contributed by atoms with van der Waals surface area (Å²) in [6.07, 6.45) is 0. The van der Waals surface area contributed by atoms with Crippen LogP contribution >= 0.6 is 11.3 Å². The van der Waals surface area contributed by atoms with E-state index >= 15 is 0 Å². The molecular formula is C14H20N2O5S. The van der Waals surface area contributed by atoms with Crippen molar-refractivity contribution in [2.45, 2.75) is 25.9 Å². The summed E-state index contributed by atoms with van der Waals surface area (Å²) in [6, 6.07) is 1.41. The van der Waals surface area contributed by atoms with E-state index in [0.717, 1.165) is 0 Å². The molecule has 0 saturated heterocycles. The molecule has 7 nitrogen and oxygen atoms in total. The van der Waals surface area contributed by atoms with E-state index in [9.17, 15) is 14.4 Å². The van der Waals surface area contributed by atoms with Gasteiger partial charge >= 0.3 is 5.97 Å². The summed E-state index contributed by atoms with van der Waals surface area (Å²) in [7, 11) is 1.35. The first-order chi connectivity index (χ1) is 10.4. The standard InChI is InChI=1S/C14H20N2O5S/c1-8(2)11(16-12(17)10-5-4-6-22-10)13(18)15-9(7-21-3)14(19)20/h4-6,8-9,11H,7H2,1-3H3,(H,15,18)(H,16,17)(H,19,20). The first-order valence-electron chi connectivity index (χ1n) is 6.73. The zero-order valence-corrected chi connectivity index (χ0v) is 13.5. The molecule has 2 atom stereocenters. The summed E-state index contributed by atoms with van der Waals surface area (Å²) in [5.41, 5.74) is 0. The van der Waals surface area contributed by atoms with Gasteiger partial charge in [0.05, 0.1) is 11.5 Å². The monoisotopic (exact) mass is 328 g/mol. The second-order valence-corrected chi connectivity index (χ2v) is 5.97. The van der Waals surface area contributed by atoms with Gasteiger partial charge in [0.2, 0.25) is 5.91 Å². The second-order valence-electron chi connectivity index (χ2n) is 5.03. The third-order valence-electron chi connectivity index (χ3n) is 2.93. The summed E-state index contributed by atoms with van der Waals surface area (Å²) in [5, 5.41) is 15.8. The SMILES string of the molecule is COCC(NC(=O)C(NC(=O)c1cccs1)C(C)C)C(=O)O. The maximum Gasteiger partial charge on any atom is 0.328 e. The molecule has 0 aromatic carbocycles. The molecule has 2 amide bonds. The van der Waals surface area contributed by atoms with Crippen LogP contribution in [-0.2, 0) is 14.3 Å². The number of nitrogens with one attached hydrogen (secondary N) is 2. The fraction of sp³-hybridized carbons (Fsp3) is 0.500. The molecule has 0 saturated carbocycles. The molecule has 1 heterocycles. The lowest BCUT2D eigenvalue weighted by molar-refractivity contribution is -0.143. The zero-order valence-electron chi connectivity index (χ0n) is 12.7. The fourth-order valence-electron chi connectivity index (χ4n) is 1.76. The molecule has 2 unspecified atom stereocenters. The highest BCUT2D eigenvalue weighted by Crippen LogP contribution is 2.10. The Hall–Kier alpha value is -1.93. The molecule has 122 valence electrons. The minimum Gasteiger partial charge on any atom is -0.480 e. The maximum atomic E-state index is 12.2. The topological polar surface area (TPSA) is 105 Å². The highest BCUT2D eigenvalue weighted by molar-refractivity contribution is 7.12. The molecule has 0 radical (unpaired) electrons. The van der Waals surface area contributed by atoms with Gasteiger partial charge < -0.3 is 20.5 Å². The zero-order chi connectivity index (χ0) is 16.7. The number of carbonyl (C=O) groups is 3. The number of thiophene rings is 1. The second kappa shape index (κ2) is 8.50. The molecule has 0 fully saturated rings. The van der Waals surface area contributed by atoms with Crippen LogP contribution in [0.15, 0.2) is 17.5 Å². The number of hydrogen-bond donors (Lipinski definition) is 3. The fourth-order valence-corrected chi connectivity index (χ4v) is 2.38. The Bertz CT molecular complexity index is 515. The largest absolute Gasteiger partial charge is 0.480 e. The predicted molar refractivity (Wildman–Crippen MR) is 81.9 cm³/mol. The molecule has 0 spiro atoms. The Balaban J connectivity index is 2.75. The van der Waals surface area contributed by atoms with Crippen LogP contribution in [-0.4, -0.2) is 48.7 Å². The van der Waals surface area contributed by atoms with E-state index < -0.39 is 24.0 Å². The van der Waals surface area contributed by atoms with Crippen molar-refractivity contribution in [2.75, 3.05) is 13.7 Å². The molecular weight excluding hydrogens is 308 g/mol. The number of carboxylic acid groups (broad SMARTS) is 1. The quantitative estimate of drug-likeness (QED) is 0.652. The Morgan fingerprint density at radius 2 is 2.00 bits per heavy atom. The summed E-state index contributed by atoms with van der Waals surface area (Å²) in [6.45, 7) is 3.39. The highest BCUT2D eigenvalue weighted by Gasteiger charge is 2.29. The van der Waals surface area contributed by atoms with E-state index in [1.807, 2.05) is 0 Å². The van der Waals surface area contributed by atoms with Crippen LogP contribution in [0.5, 0.6) is 0 Å². The molecule has 8 heteroatoms. The van der Waals surface area contributed by atoms with Crippen molar-refractivity contribution in [1.82, 2.24) is 10.6 Å². The number of carbonyl (C=O) groups excluding carboxylic acids is 2. The Morgan fingerprint density at radius 3 is 2.45 bits per heavy atom. The van der Waals surface area contributed by atoms with Crippen LogP contribution in [0, 0.1) is 5.92 Å². The van der Waals surface area contributed by atoms with Crippen molar-refractivity contribution in [3.05, 3.63) is 22.4 Å². The van der Waals surface area contributed by atoms with Crippen LogP contribution in [0.4, 0.5) is 0 Å². The van der Waals surface area contributed by atoms with Gasteiger partial charge in [-0.15, -0.1) is 11.3 Å². The van der Waals surface area contributed by atoms with E-state index in [0.29, 0.717) is 4.88 Å². The van der Waals surface area contributed by atoms with Gasteiger partial charge in [-0.05, 0) is 17.4 Å². The van der Waals surface area contributed by atoms with Crippen LogP contribution in [0.1, 0.15) is 23.5 Å². The van der Waals surface area contributed by atoms with Gasteiger partial charge in [-0.25, -0.2) is 4.79 Å². The summed E-state index contributed by atoms with van der Waals surface area (Å²) in [5.74, 6) is -2.30. The average molecular weight is 328 g/mol. The number of ether oxygens (including phenoxy) is 1. The van der Waals surface area contributed by atoms with Crippen LogP contribution in [0.25, 0.3) is 0 Å². The molecule has 22 heavy (non-hydrogen) atoms. The first-order valence-corrected chi connectivity index (χ1v) is 7.61. The van der Waals surface area contributed by atoms with Crippen LogP contribution in [0.3, 0.4) is 0 Å². The average Bonchev–Trinajstić information content (AvgIpc) is 2.97. The van der Waals surface area contributed by atoms with Crippen molar-refractivity contribution >= 4 is 29.1 Å². The highest BCUT2D eigenvalue weighted by atomic mass is 32.1. The van der Waals surface area contributed by atoms with E-state index in [1.165, 1.54) is 18.4 Å². The number of rotatable bonds is 8. The smallest absolute Gasteiger partial charge is 0.328 e. The minimum atomic E-state index is -1.19. The maximum absolute atomic E-state index is 12.2. The minimum absolute atomic E-state index is 0.148. The van der Waals surface area contributed by atoms with Crippen molar-refractivity contribution in [2.24, 2.45) is 5.92 Å². The molecule has 0 aliphatic carbocycles. The number of amides is 2. The Labute approximate surface area is 132 Å². The summed E-state index contributed by atoms with van der Waals surface area (Å²) < 4.78 is 4.77. The van der Waals surface area contributed by atoms with Crippen molar-refractivity contribution in [1.29, 1.82) is 0 Å². The molecule has 0 aliphatic heterocycles. The van der Waals surface area contributed by atoms with Crippen molar-refractivity contribution < 1.29 is 24.2 Å². The number of aliphatic carboxylic acids is 1. The van der Waals surface area contributed by atoms with Gasteiger partial charge in [0.25, 0.3) is 5.91 Å². The first kappa shape index (κ1) is 18.1. The molecule has 0 aliphatic rings. The van der Waals surface area contributed by atoms with Gasteiger partial charge in [-0.3, -0.25) is 9.59 Å². The van der Waals surface area contributed by atoms with Crippen LogP contribution in [0.2, 0.25) is 0 Å².